The molecule has 1 aromatic heterocycles. The van der Waals surface area contributed by atoms with E-state index in [0.29, 0.717) is 43.6 Å². The highest BCUT2D eigenvalue weighted by Crippen LogP contribution is 2.21. The number of hydrogen-bond acceptors (Lipinski definition) is 5. The summed E-state index contributed by atoms with van der Waals surface area (Å²) in [7, 11) is 1.57. The number of aromatic nitrogens is 2. The number of carbonyl (C=O) groups is 1. The lowest BCUT2D eigenvalue weighted by molar-refractivity contribution is 0.208. The molecular weight excluding hydrogens is 361 g/mol. The Bertz CT molecular complexity index is 812. The zero-order valence-corrected chi connectivity index (χ0v) is 15.3. The maximum Gasteiger partial charge on any atom is 0.321 e. The van der Waals surface area contributed by atoms with Gasteiger partial charge in [-0.3, -0.25) is 0 Å². The van der Waals surface area contributed by atoms with Gasteiger partial charge in [-0.1, -0.05) is 11.6 Å². The molecule has 26 heavy (non-hydrogen) atoms. The molecule has 1 N–H and O–H groups in total. The van der Waals surface area contributed by atoms with E-state index in [0.717, 1.165) is 5.82 Å². The fraction of sp³-hybridized carbons (Fsp3) is 0.353. The number of nitrogens with one attached hydrogen (secondary N) is 1. The second-order valence-corrected chi connectivity index (χ2v) is 6.26. The molecule has 2 amide bonds. The van der Waals surface area contributed by atoms with Gasteiger partial charge in [0.25, 0.3) is 0 Å². The van der Waals surface area contributed by atoms with E-state index in [9.17, 15) is 9.18 Å². The number of amides is 2. The van der Waals surface area contributed by atoms with Gasteiger partial charge in [0, 0.05) is 37.9 Å². The molecule has 7 nitrogen and oxygen atoms in total. The molecular formula is C17H19ClFN5O2. The lowest BCUT2D eigenvalue weighted by Crippen LogP contribution is -2.50. The third-order valence-corrected chi connectivity index (χ3v) is 4.36. The number of urea groups is 1. The molecule has 0 unspecified atom stereocenters. The van der Waals surface area contributed by atoms with E-state index in [1.807, 2.05) is 6.92 Å². The summed E-state index contributed by atoms with van der Waals surface area (Å²) in [5, 5.41) is 2.71. The molecule has 3 rings (SSSR count). The van der Waals surface area contributed by atoms with Gasteiger partial charge in [0.05, 0.1) is 12.1 Å². The molecule has 1 aliphatic rings. The van der Waals surface area contributed by atoms with Crippen LogP contribution in [0, 0.1) is 12.7 Å². The molecule has 0 aliphatic carbocycles. The number of anilines is 2. The third-order valence-electron chi connectivity index (χ3n) is 4.07. The highest BCUT2D eigenvalue weighted by molar-refractivity contribution is 6.31. The van der Waals surface area contributed by atoms with Crippen LogP contribution >= 0.6 is 11.6 Å². The first-order valence-electron chi connectivity index (χ1n) is 8.12. The molecule has 1 aliphatic heterocycles. The third kappa shape index (κ3) is 4.13. The Hall–Kier alpha value is -2.61. The normalized spacial score (nSPS) is 14.3. The van der Waals surface area contributed by atoms with Gasteiger partial charge in [-0.25, -0.2) is 14.2 Å². The number of rotatable bonds is 3. The van der Waals surface area contributed by atoms with Crippen LogP contribution in [0.25, 0.3) is 0 Å². The fourth-order valence-electron chi connectivity index (χ4n) is 2.71. The van der Waals surface area contributed by atoms with Crippen LogP contribution < -0.4 is 15.0 Å². The number of carbonyl (C=O) groups excluding carboxylic acids is 1. The van der Waals surface area contributed by atoms with Crippen LogP contribution in [0.1, 0.15) is 5.82 Å². The van der Waals surface area contributed by atoms with E-state index in [4.69, 9.17) is 16.3 Å². The van der Waals surface area contributed by atoms with Gasteiger partial charge >= 0.3 is 6.03 Å². The predicted octanol–water partition coefficient (Wildman–Crippen LogP) is 2.94. The molecule has 0 spiro atoms. The number of halogens is 2. The second kappa shape index (κ2) is 7.74. The summed E-state index contributed by atoms with van der Waals surface area (Å²) in [5.41, 5.74) is 0.458. The van der Waals surface area contributed by atoms with Crippen LogP contribution in [0.4, 0.5) is 20.7 Å². The zero-order chi connectivity index (χ0) is 18.7. The molecule has 0 bridgehead atoms. The van der Waals surface area contributed by atoms with Crippen LogP contribution in [0.5, 0.6) is 5.88 Å². The van der Waals surface area contributed by atoms with Crippen molar-refractivity contribution in [1.82, 2.24) is 14.9 Å². The first kappa shape index (κ1) is 18.2. The van der Waals surface area contributed by atoms with Crippen LogP contribution in [-0.4, -0.2) is 54.2 Å². The summed E-state index contributed by atoms with van der Waals surface area (Å²) in [4.78, 5) is 24.8. The maximum absolute atomic E-state index is 13.2. The van der Waals surface area contributed by atoms with Crippen molar-refractivity contribution < 1.29 is 13.9 Å². The summed E-state index contributed by atoms with van der Waals surface area (Å²) >= 11 is 5.74. The smallest absolute Gasteiger partial charge is 0.321 e. The van der Waals surface area contributed by atoms with Gasteiger partial charge < -0.3 is 19.9 Å². The lowest BCUT2D eigenvalue weighted by Gasteiger charge is -2.35. The number of methoxy groups -OCH3 is 1. The van der Waals surface area contributed by atoms with Crippen molar-refractivity contribution >= 4 is 29.1 Å². The molecule has 2 heterocycles. The van der Waals surface area contributed by atoms with Crippen molar-refractivity contribution in [3.63, 3.8) is 0 Å². The Morgan fingerprint density at radius 3 is 2.62 bits per heavy atom. The van der Waals surface area contributed by atoms with Gasteiger partial charge in [-0.2, -0.15) is 4.98 Å². The summed E-state index contributed by atoms with van der Waals surface area (Å²) < 4.78 is 18.4. The molecule has 9 heteroatoms. The van der Waals surface area contributed by atoms with Gasteiger partial charge in [-0.15, -0.1) is 0 Å². The molecule has 0 radical (unpaired) electrons. The first-order chi connectivity index (χ1) is 12.5. The van der Waals surface area contributed by atoms with Crippen LogP contribution in [0.15, 0.2) is 24.3 Å². The minimum atomic E-state index is -0.520. The predicted molar refractivity (Wildman–Crippen MR) is 97.5 cm³/mol. The van der Waals surface area contributed by atoms with E-state index < -0.39 is 5.82 Å². The van der Waals surface area contributed by atoms with E-state index in [-0.39, 0.29) is 11.1 Å². The number of ether oxygens (including phenoxy) is 1. The summed E-state index contributed by atoms with van der Waals surface area (Å²) in [5.74, 6) is 1.40. The number of aryl methyl sites for hydroxylation is 1. The van der Waals surface area contributed by atoms with Crippen molar-refractivity contribution in [3.8, 4) is 5.88 Å². The van der Waals surface area contributed by atoms with Crippen molar-refractivity contribution in [2.75, 3.05) is 43.5 Å². The fourth-order valence-corrected chi connectivity index (χ4v) is 2.89. The Morgan fingerprint density at radius 1 is 1.23 bits per heavy atom. The number of nitrogens with zero attached hydrogens (tertiary/aromatic N) is 4. The first-order valence-corrected chi connectivity index (χ1v) is 8.49. The molecule has 1 fully saturated rings. The summed E-state index contributed by atoms with van der Waals surface area (Å²) in [6.45, 7) is 4.15. The van der Waals surface area contributed by atoms with Gasteiger partial charge in [0.15, 0.2) is 0 Å². The lowest BCUT2D eigenvalue weighted by atomic mass is 10.3. The standard InChI is InChI=1S/C17H19ClFN5O2/c1-11-20-15(10-16(21-11)26-2)23-5-7-24(8-6-23)17(25)22-12-3-4-14(19)13(18)9-12/h3-4,9-10H,5-8H2,1-2H3,(H,22,25). The van der Waals surface area contributed by atoms with Gasteiger partial charge in [0.1, 0.15) is 17.5 Å². The number of hydrogen-bond donors (Lipinski definition) is 1. The largest absolute Gasteiger partial charge is 0.481 e. The minimum Gasteiger partial charge on any atom is -0.481 e. The van der Waals surface area contributed by atoms with E-state index in [1.165, 1.54) is 18.2 Å². The molecule has 0 saturated carbocycles. The molecule has 1 saturated heterocycles. The van der Waals surface area contributed by atoms with Crippen LogP contribution in [0.3, 0.4) is 0 Å². The Balaban J connectivity index is 1.60. The molecule has 138 valence electrons. The molecule has 1 aromatic carbocycles. The zero-order valence-electron chi connectivity index (χ0n) is 14.5. The molecule has 0 atom stereocenters. The maximum atomic E-state index is 13.2. The van der Waals surface area contributed by atoms with Crippen molar-refractivity contribution in [2.24, 2.45) is 0 Å². The Kier molecular flexibility index (Phi) is 5.41. The molecule has 2 aromatic rings. The van der Waals surface area contributed by atoms with E-state index in [2.05, 4.69) is 20.2 Å². The SMILES string of the molecule is COc1cc(N2CCN(C(=O)Nc3ccc(F)c(Cl)c3)CC2)nc(C)n1. The topological polar surface area (TPSA) is 70.6 Å². The minimum absolute atomic E-state index is 0.0271. The van der Waals surface area contributed by atoms with Crippen LogP contribution in [0.2, 0.25) is 5.02 Å². The van der Waals surface area contributed by atoms with Crippen molar-refractivity contribution in [1.29, 1.82) is 0 Å². The van der Waals surface area contributed by atoms with Gasteiger partial charge in [-0.05, 0) is 25.1 Å². The average molecular weight is 380 g/mol. The second-order valence-electron chi connectivity index (χ2n) is 5.85. The van der Waals surface area contributed by atoms with E-state index >= 15 is 0 Å². The Morgan fingerprint density at radius 2 is 1.96 bits per heavy atom. The quantitative estimate of drug-likeness (QED) is 0.887. The van der Waals surface area contributed by atoms with Crippen LogP contribution in [-0.2, 0) is 0 Å². The summed E-state index contributed by atoms with van der Waals surface area (Å²) in [6, 6.07) is 5.62. The summed E-state index contributed by atoms with van der Waals surface area (Å²) in [6.07, 6.45) is 0. The monoisotopic (exact) mass is 379 g/mol. The van der Waals surface area contributed by atoms with Crippen molar-refractivity contribution in [3.05, 3.63) is 40.9 Å². The van der Waals surface area contributed by atoms with Crippen molar-refractivity contribution in [2.45, 2.75) is 6.92 Å². The average Bonchev–Trinajstić information content (AvgIpc) is 2.64. The Labute approximate surface area is 155 Å². The highest BCUT2D eigenvalue weighted by atomic mass is 35.5. The van der Waals surface area contributed by atoms with Gasteiger partial charge in [0.2, 0.25) is 5.88 Å². The number of benzene rings is 1. The highest BCUT2D eigenvalue weighted by Gasteiger charge is 2.23. The number of piperazine rings is 1. The van der Waals surface area contributed by atoms with E-state index in [1.54, 1.807) is 18.1 Å².